The standard InChI is InChI=1S/C27H39NO/c1-24(2,3)27(25(4,5)6)19-28(26(7,8)9)23-16-15-21(17-22(23)27)29-18-20-13-11-10-12-14-20/h10-17H,18-19H2,1-9H3. The van der Waals surface area contributed by atoms with E-state index in [1.165, 1.54) is 16.8 Å². The predicted octanol–water partition coefficient (Wildman–Crippen LogP) is 7.21. The highest BCUT2D eigenvalue weighted by Crippen LogP contribution is 2.61. The van der Waals surface area contributed by atoms with Crippen molar-refractivity contribution in [2.45, 2.75) is 79.9 Å². The van der Waals surface area contributed by atoms with Crippen LogP contribution in [0.15, 0.2) is 48.5 Å². The van der Waals surface area contributed by atoms with E-state index in [4.69, 9.17) is 4.74 Å². The van der Waals surface area contributed by atoms with Gasteiger partial charge in [0.1, 0.15) is 12.4 Å². The van der Waals surface area contributed by atoms with Crippen LogP contribution in [0.3, 0.4) is 0 Å². The first-order valence-corrected chi connectivity index (χ1v) is 10.9. The van der Waals surface area contributed by atoms with Crippen LogP contribution < -0.4 is 9.64 Å². The van der Waals surface area contributed by atoms with Gasteiger partial charge in [-0.05, 0) is 60.9 Å². The molecule has 0 saturated carbocycles. The molecule has 0 aromatic heterocycles. The maximum absolute atomic E-state index is 6.24. The Kier molecular flexibility index (Phi) is 5.30. The Bertz CT molecular complexity index is 833. The lowest BCUT2D eigenvalue weighted by Gasteiger charge is -2.52. The average molecular weight is 394 g/mol. The molecule has 2 nitrogen and oxygen atoms in total. The fraction of sp³-hybridized carbons (Fsp3) is 0.556. The third-order valence-electron chi connectivity index (χ3n) is 6.73. The minimum absolute atomic E-state index is 0.0225. The Morgan fingerprint density at radius 3 is 1.93 bits per heavy atom. The van der Waals surface area contributed by atoms with E-state index in [-0.39, 0.29) is 21.8 Å². The number of fused-ring (bicyclic) bond motifs is 1. The molecule has 1 heterocycles. The highest BCUT2D eigenvalue weighted by Gasteiger charge is 2.58. The first-order chi connectivity index (χ1) is 13.3. The highest BCUT2D eigenvalue weighted by molar-refractivity contribution is 5.67. The van der Waals surface area contributed by atoms with E-state index in [9.17, 15) is 0 Å². The Labute approximate surface area is 178 Å². The smallest absolute Gasteiger partial charge is 0.120 e. The summed E-state index contributed by atoms with van der Waals surface area (Å²) in [5.74, 6) is 0.959. The van der Waals surface area contributed by atoms with E-state index < -0.39 is 0 Å². The van der Waals surface area contributed by atoms with Crippen LogP contribution in [0, 0.1) is 10.8 Å². The maximum Gasteiger partial charge on any atom is 0.120 e. The second kappa shape index (κ2) is 7.07. The van der Waals surface area contributed by atoms with Crippen LogP contribution in [-0.4, -0.2) is 12.1 Å². The molecule has 0 radical (unpaired) electrons. The lowest BCUT2D eigenvalue weighted by molar-refractivity contribution is 0.0634. The summed E-state index contributed by atoms with van der Waals surface area (Å²) in [5, 5.41) is 0. The molecule has 0 aliphatic carbocycles. The normalized spacial score (nSPS) is 16.7. The monoisotopic (exact) mass is 393 g/mol. The van der Waals surface area contributed by atoms with Gasteiger partial charge in [0, 0.05) is 23.2 Å². The zero-order valence-corrected chi connectivity index (χ0v) is 19.9. The van der Waals surface area contributed by atoms with Crippen molar-refractivity contribution in [3.63, 3.8) is 0 Å². The van der Waals surface area contributed by atoms with Crippen LogP contribution in [-0.2, 0) is 12.0 Å². The van der Waals surface area contributed by atoms with Gasteiger partial charge in [0.05, 0.1) is 0 Å². The Morgan fingerprint density at radius 2 is 1.41 bits per heavy atom. The van der Waals surface area contributed by atoms with Gasteiger partial charge in [0.25, 0.3) is 0 Å². The van der Waals surface area contributed by atoms with Gasteiger partial charge in [0.15, 0.2) is 0 Å². The highest BCUT2D eigenvalue weighted by atomic mass is 16.5. The molecule has 1 aliphatic heterocycles. The van der Waals surface area contributed by atoms with Gasteiger partial charge in [-0.2, -0.15) is 0 Å². The van der Waals surface area contributed by atoms with E-state index in [2.05, 4.69) is 110 Å². The van der Waals surface area contributed by atoms with Crippen LogP contribution in [0.1, 0.15) is 73.4 Å². The molecule has 158 valence electrons. The first-order valence-electron chi connectivity index (χ1n) is 10.9. The van der Waals surface area contributed by atoms with Gasteiger partial charge in [-0.25, -0.2) is 0 Å². The second-order valence-electron chi connectivity index (χ2n) is 11.6. The molecule has 0 spiro atoms. The molecule has 0 amide bonds. The van der Waals surface area contributed by atoms with E-state index >= 15 is 0 Å². The molecular weight excluding hydrogens is 354 g/mol. The van der Waals surface area contributed by atoms with Crippen LogP contribution in [0.25, 0.3) is 0 Å². The van der Waals surface area contributed by atoms with E-state index in [1.807, 2.05) is 6.07 Å². The molecule has 0 N–H and O–H groups in total. The number of hydrogen-bond acceptors (Lipinski definition) is 2. The molecular formula is C27H39NO. The number of hydrogen-bond donors (Lipinski definition) is 0. The lowest BCUT2D eigenvalue weighted by atomic mass is 9.52. The second-order valence-corrected chi connectivity index (χ2v) is 11.6. The van der Waals surface area contributed by atoms with Gasteiger partial charge < -0.3 is 9.64 Å². The number of benzene rings is 2. The molecule has 2 aromatic carbocycles. The topological polar surface area (TPSA) is 12.5 Å². The molecule has 2 aromatic rings. The molecule has 29 heavy (non-hydrogen) atoms. The maximum atomic E-state index is 6.24. The summed E-state index contributed by atoms with van der Waals surface area (Å²) in [7, 11) is 0. The SMILES string of the molecule is CC(C)(C)N1CC(C(C)(C)C)(C(C)(C)C)c2cc(OCc3ccccc3)ccc21. The Balaban J connectivity index is 2.09. The van der Waals surface area contributed by atoms with Crippen molar-refractivity contribution in [3.05, 3.63) is 59.7 Å². The molecule has 0 atom stereocenters. The Morgan fingerprint density at radius 1 is 0.828 bits per heavy atom. The van der Waals surface area contributed by atoms with Crippen LogP contribution in [0.5, 0.6) is 5.75 Å². The fourth-order valence-electron chi connectivity index (χ4n) is 5.34. The van der Waals surface area contributed by atoms with Gasteiger partial charge in [-0.15, -0.1) is 0 Å². The molecule has 0 bridgehead atoms. The average Bonchev–Trinajstić information content (AvgIpc) is 2.96. The summed E-state index contributed by atoms with van der Waals surface area (Å²) in [5.41, 5.74) is 4.29. The minimum atomic E-state index is 0.0225. The van der Waals surface area contributed by atoms with Gasteiger partial charge in [-0.3, -0.25) is 0 Å². The van der Waals surface area contributed by atoms with Crippen molar-refractivity contribution in [1.29, 1.82) is 0 Å². The summed E-state index contributed by atoms with van der Waals surface area (Å²) >= 11 is 0. The quantitative estimate of drug-likeness (QED) is 0.546. The van der Waals surface area contributed by atoms with Crippen molar-refractivity contribution >= 4 is 5.69 Å². The van der Waals surface area contributed by atoms with E-state index in [1.54, 1.807) is 0 Å². The fourth-order valence-corrected chi connectivity index (χ4v) is 5.34. The van der Waals surface area contributed by atoms with Crippen LogP contribution in [0.4, 0.5) is 5.69 Å². The lowest BCUT2D eigenvalue weighted by Crippen LogP contribution is -2.55. The van der Waals surface area contributed by atoms with Gasteiger partial charge >= 0.3 is 0 Å². The van der Waals surface area contributed by atoms with Crippen LogP contribution >= 0.6 is 0 Å². The predicted molar refractivity (Wildman–Crippen MR) is 125 cm³/mol. The zero-order chi connectivity index (χ0) is 21.7. The van der Waals surface area contributed by atoms with Crippen molar-refractivity contribution in [3.8, 4) is 5.75 Å². The van der Waals surface area contributed by atoms with Crippen molar-refractivity contribution in [2.24, 2.45) is 10.8 Å². The van der Waals surface area contributed by atoms with E-state index in [0.717, 1.165) is 12.3 Å². The third kappa shape index (κ3) is 3.79. The molecule has 3 rings (SSSR count). The molecule has 1 aliphatic rings. The number of ether oxygens (including phenoxy) is 1. The number of rotatable bonds is 3. The van der Waals surface area contributed by atoms with Gasteiger partial charge in [0.2, 0.25) is 0 Å². The summed E-state index contributed by atoms with van der Waals surface area (Å²) in [6.45, 7) is 22.9. The molecule has 0 saturated heterocycles. The van der Waals surface area contributed by atoms with E-state index in [0.29, 0.717) is 6.61 Å². The Hall–Kier alpha value is -1.96. The minimum Gasteiger partial charge on any atom is -0.489 e. The summed E-state index contributed by atoms with van der Waals surface area (Å²) in [4.78, 5) is 2.60. The molecule has 0 unspecified atom stereocenters. The largest absolute Gasteiger partial charge is 0.489 e. The summed E-state index contributed by atoms with van der Waals surface area (Å²) < 4.78 is 6.24. The number of nitrogens with zero attached hydrogens (tertiary/aromatic N) is 1. The third-order valence-corrected chi connectivity index (χ3v) is 6.73. The van der Waals surface area contributed by atoms with Crippen molar-refractivity contribution in [2.75, 3.05) is 11.4 Å². The summed E-state index contributed by atoms with van der Waals surface area (Å²) in [6.07, 6.45) is 0. The number of anilines is 1. The zero-order valence-electron chi connectivity index (χ0n) is 19.9. The van der Waals surface area contributed by atoms with Crippen molar-refractivity contribution in [1.82, 2.24) is 0 Å². The van der Waals surface area contributed by atoms with Crippen LogP contribution in [0.2, 0.25) is 0 Å². The van der Waals surface area contributed by atoms with Gasteiger partial charge in [-0.1, -0.05) is 71.9 Å². The summed E-state index contributed by atoms with van der Waals surface area (Å²) in [6, 6.07) is 17.1. The first kappa shape index (κ1) is 21.7. The molecule has 2 heteroatoms. The molecule has 0 fully saturated rings. The van der Waals surface area contributed by atoms with Crippen molar-refractivity contribution < 1.29 is 4.74 Å².